The third-order valence-electron chi connectivity index (χ3n) is 2.42. The molecule has 0 aliphatic carbocycles. The third-order valence-corrected chi connectivity index (χ3v) is 2.42. The Morgan fingerprint density at radius 2 is 2.33 bits per heavy atom. The van der Waals surface area contributed by atoms with E-state index < -0.39 is 0 Å². The first-order valence-corrected chi connectivity index (χ1v) is 5.21. The average molecular weight is 211 g/mol. The molecule has 0 saturated heterocycles. The minimum absolute atomic E-state index is 0.178. The van der Waals surface area contributed by atoms with Gasteiger partial charge in [0.1, 0.15) is 5.69 Å². The Hall–Kier alpha value is -1.23. The molecule has 15 heavy (non-hydrogen) atoms. The van der Waals surface area contributed by atoms with E-state index in [4.69, 9.17) is 5.11 Å². The lowest BCUT2D eigenvalue weighted by atomic mass is 10.1. The van der Waals surface area contributed by atoms with Crippen LogP contribution in [0.2, 0.25) is 0 Å². The van der Waals surface area contributed by atoms with E-state index in [1.807, 2.05) is 13.8 Å². The molecule has 1 heterocycles. The lowest BCUT2D eigenvalue weighted by Crippen LogP contribution is -2.13. The van der Waals surface area contributed by atoms with Crippen LogP contribution in [0.4, 0.5) is 0 Å². The number of hydrogen-bond acceptors (Lipinski definition) is 4. The maximum Gasteiger partial charge on any atom is 0.172 e. The second-order valence-corrected chi connectivity index (χ2v) is 3.69. The molecule has 5 nitrogen and oxygen atoms in total. The maximum atomic E-state index is 10.7. The van der Waals surface area contributed by atoms with Crippen molar-refractivity contribution in [3.05, 3.63) is 11.4 Å². The summed E-state index contributed by atoms with van der Waals surface area (Å²) in [5, 5.41) is 16.5. The fourth-order valence-corrected chi connectivity index (χ4v) is 1.55. The second-order valence-electron chi connectivity index (χ2n) is 3.69. The summed E-state index contributed by atoms with van der Waals surface area (Å²) in [5.41, 5.74) is 1.29. The van der Waals surface area contributed by atoms with Gasteiger partial charge < -0.3 is 5.11 Å². The Labute approximate surface area is 89.1 Å². The lowest BCUT2D eigenvalue weighted by Gasteiger charge is -2.10. The molecule has 1 aromatic rings. The lowest BCUT2D eigenvalue weighted by molar-refractivity contribution is 0.111. The summed E-state index contributed by atoms with van der Waals surface area (Å²) in [5.74, 6) is 0.335. The topological polar surface area (TPSA) is 68.0 Å². The van der Waals surface area contributed by atoms with Crippen molar-refractivity contribution < 1.29 is 9.90 Å². The summed E-state index contributed by atoms with van der Waals surface area (Å²) < 4.78 is 1.75. The van der Waals surface area contributed by atoms with Gasteiger partial charge in [-0.05, 0) is 18.8 Å². The fraction of sp³-hybridized carbons (Fsp3) is 0.700. The predicted molar refractivity (Wildman–Crippen MR) is 55.7 cm³/mol. The van der Waals surface area contributed by atoms with Gasteiger partial charge >= 0.3 is 0 Å². The largest absolute Gasteiger partial charge is 0.396 e. The zero-order valence-corrected chi connectivity index (χ0v) is 9.18. The molecule has 0 saturated carbocycles. The number of hydrogen-bond donors (Lipinski definition) is 1. The van der Waals surface area contributed by atoms with Gasteiger partial charge in [0.05, 0.1) is 5.69 Å². The van der Waals surface area contributed by atoms with Gasteiger partial charge in [0, 0.05) is 13.2 Å². The van der Waals surface area contributed by atoms with Gasteiger partial charge in [0.2, 0.25) is 0 Å². The third kappa shape index (κ3) is 2.86. The van der Waals surface area contributed by atoms with Gasteiger partial charge in [0.15, 0.2) is 6.29 Å². The van der Waals surface area contributed by atoms with E-state index in [1.54, 1.807) is 4.68 Å². The highest BCUT2D eigenvalue weighted by Gasteiger charge is 2.12. The highest BCUT2D eigenvalue weighted by Crippen LogP contribution is 2.09. The molecule has 0 fully saturated rings. The number of aldehydes is 1. The zero-order chi connectivity index (χ0) is 11.3. The van der Waals surface area contributed by atoms with Crippen LogP contribution in [0.1, 0.15) is 36.5 Å². The van der Waals surface area contributed by atoms with Crippen molar-refractivity contribution >= 4 is 6.29 Å². The van der Waals surface area contributed by atoms with Gasteiger partial charge in [0.25, 0.3) is 0 Å². The Bertz CT molecular complexity index is 322. The van der Waals surface area contributed by atoms with Crippen molar-refractivity contribution in [2.75, 3.05) is 6.61 Å². The van der Waals surface area contributed by atoms with Crippen LogP contribution in [0, 0.1) is 5.92 Å². The molecular weight excluding hydrogens is 194 g/mol. The normalized spacial score (nSPS) is 12.7. The molecule has 0 radical (unpaired) electrons. The second kappa shape index (κ2) is 5.60. The number of aliphatic hydroxyl groups is 1. The van der Waals surface area contributed by atoms with E-state index in [0.717, 1.165) is 24.8 Å². The van der Waals surface area contributed by atoms with Crippen LogP contribution >= 0.6 is 0 Å². The van der Waals surface area contributed by atoms with E-state index in [2.05, 4.69) is 10.3 Å². The van der Waals surface area contributed by atoms with E-state index in [9.17, 15) is 4.79 Å². The molecule has 84 valence electrons. The van der Waals surface area contributed by atoms with Crippen LogP contribution in [0.25, 0.3) is 0 Å². The van der Waals surface area contributed by atoms with Crippen LogP contribution in [0.3, 0.4) is 0 Å². The van der Waals surface area contributed by atoms with Gasteiger partial charge in [-0.1, -0.05) is 19.1 Å². The minimum atomic E-state index is 0.178. The molecule has 1 aromatic heterocycles. The van der Waals surface area contributed by atoms with Crippen molar-refractivity contribution in [1.29, 1.82) is 0 Å². The number of carbonyl (C=O) groups excluding carboxylic acids is 1. The summed E-state index contributed by atoms with van der Waals surface area (Å²) in [4.78, 5) is 10.7. The number of rotatable bonds is 6. The Balaban J connectivity index is 2.76. The molecule has 0 aromatic carbocycles. The van der Waals surface area contributed by atoms with Crippen LogP contribution in [0.15, 0.2) is 0 Å². The average Bonchev–Trinajstić information content (AvgIpc) is 2.60. The minimum Gasteiger partial charge on any atom is -0.396 e. The maximum absolute atomic E-state index is 10.7. The molecule has 1 unspecified atom stereocenters. The standard InChI is InChI=1S/C10H17N3O2/c1-3-10-9(7-15)11-12-13(10)6-8(2)4-5-14/h7-8,14H,3-6H2,1-2H3. The first-order valence-electron chi connectivity index (χ1n) is 5.21. The summed E-state index contributed by atoms with van der Waals surface area (Å²) in [6, 6.07) is 0. The van der Waals surface area contributed by atoms with Crippen molar-refractivity contribution in [3.63, 3.8) is 0 Å². The monoisotopic (exact) mass is 211 g/mol. The van der Waals surface area contributed by atoms with Gasteiger partial charge in [-0.15, -0.1) is 5.10 Å². The number of aliphatic hydroxyl groups excluding tert-OH is 1. The first kappa shape index (κ1) is 11.8. The van der Waals surface area contributed by atoms with Crippen LogP contribution in [-0.4, -0.2) is 33.0 Å². The smallest absolute Gasteiger partial charge is 0.172 e. The molecule has 0 bridgehead atoms. The van der Waals surface area contributed by atoms with E-state index in [-0.39, 0.29) is 6.61 Å². The van der Waals surface area contributed by atoms with Crippen LogP contribution in [-0.2, 0) is 13.0 Å². The van der Waals surface area contributed by atoms with E-state index in [1.165, 1.54) is 0 Å². The molecule has 0 spiro atoms. The predicted octanol–water partition coefficient (Wildman–Crippen LogP) is 0.671. The number of nitrogens with zero attached hydrogens (tertiary/aromatic N) is 3. The zero-order valence-electron chi connectivity index (χ0n) is 9.18. The highest BCUT2D eigenvalue weighted by atomic mass is 16.3. The molecule has 0 aliphatic rings. The molecule has 1 rings (SSSR count). The van der Waals surface area contributed by atoms with Crippen molar-refractivity contribution in [3.8, 4) is 0 Å². The molecule has 1 N–H and O–H groups in total. The fourth-order valence-electron chi connectivity index (χ4n) is 1.55. The van der Waals surface area contributed by atoms with E-state index >= 15 is 0 Å². The van der Waals surface area contributed by atoms with Gasteiger partial charge in [-0.25, -0.2) is 4.68 Å². The van der Waals surface area contributed by atoms with Crippen molar-refractivity contribution in [1.82, 2.24) is 15.0 Å². The first-order chi connectivity index (χ1) is 7.22. The van der Waals surface area contributed by atoms with Crippen molar-refractivity contribution in [2.24, 2.45) is 5.92 Å². The number of aromatic nitrogens is 3. The molecule has 0 amide bonds. The van der Waals surface area contributed by atoms with Crippen LogP contribution < -0.4 is 0 Å². The summed E-state index contributed by atoms with van der Waals surface area (Å²) in [6.45, 7) is 4.89. The van der Waals surface area contributed by atoms with Crippen molar-refractivity contribution in [2.45, 2.75) is 33.2 Å². The Morgan fingerprint density at radius 1 is 1.60 bits per heavy atom. The number of carbonyl (C=O) groups is 1. The Kier molecular flexibility index (Phi) is 4.42. The van der Waals surface area contributed by atoms with Crippen LogP contribution in [0.5, 0.6) is 0 Å². The molecule has 5 heteroatoms. The van der Waals surface area contributed by atoms with Gasteiger partial charge in [-0.2, -0.15) is 0 Å². The highest BCUT2D eigenvalue weighted by molar-refractivity contribution is 5.73. The quantitative estimate of drug-likeness (QED) is 0.702. The summed E-state index contributed by atoms with van der Waals surface area (Å²) >= 11 is 0. The SMILES string of the molecule is CCc1c(C=O)nnn1CC(C)CCO. The van der Waals surface area contributed by atoms with E-state index in [0.29, 0.717) is 18.2 Å². The van der Waals surface area contributed by atoms with Gasteiger partial charge in [-0.3, -0.25) is 4.79 Å². The summed E-state index contributed by atoms with van der Waals surface area (Å²) in [7, 11) is 0. The molecule has 0 aliphatic heterocycles. The Morgan fingerprint density at radius 3 is 2.87 bits per heavy atom. The molecule has 1 atom stereocenters. The summed E-state index contributed by atoms with van der Waals surface area (Å²) in [6.07, 6.45) is 2.21. The molecular formula is C10H17N3O2.